The number of carbonyl (C=O) groups excluding carboxylic acids is 2. The average molecular weight is 641 g/mol. The second-order valence-corrected chi connectivity index (χ2v) is 12.7. The first kappa shape index (κ1) is 30.1. The van der Waals surface area contributed by atoms with Crippen molar-refractivity contribution in [2.24, 2.45) is 10.3 Å². The van der Waals surface area contributed by atoms with Gasteiger partial charge in [0.05, 0.1) is 21.2 Å². The Balaban J connectivity index is 1.25. The van der Waals surface area contributed by atoms with Crippen molar-refractivity contribution in [3.05, 3.63) is 117 Å². The highest BCUT2D eigenvalue weighted by Crippen LogP contribution is 2.34. The van der Waals surface area contributed by atoms with Crippen LogP contribution in [0.2, 0.25) is 0 Å². The van der Waals surface area contributed by atoms with E-state index in [1.165, 1.54) is 11.3 Å². The first-order valence-electron chi connectivity index (χ1n) is 15.5. The normalized spacial score (nSPS) is 12.6. The number of hydrogen-bond acceptors (Lipinski definition) is 7. The predicted octanol–water partition coefficient (Wildman–Crippen LogP) is 8.86. The van der Waals surface area contributed by atoms with Crippen LogP contribution in [-0.2, 0) is 13.1 Å². The van der Waals surface area contributed by atoms with Crippen molar-refractivity contribution in [1.82, 2.24) is 9.13 Å². The minimum absolute atomic E-state index is 0.146. The zero-order valence-electron chi connectivity index (χ0n) is 26.4. The Labute approximate surface area is 274 Å². The molecule has 0 saturated heterocycles. The van der Waals surface area contributed by atoms with Gasteiger partial charge in [-0.15, -0.1) is 11.3 Å². The number of carbonyl (C=O) groups is 2. The number of thiophene rings is 1. The van der Waals surface area contributed by atoms with E-state index >= 15 is 0 Å². The third-order valence-electron chi connectivity index (χ3n) is 9.08. The van der Waals surface area contributed by atoms with Gasteiger partial charge in [-0.25, -0.2) is 0 Å². The van der Waals surface area contributed by atoms with Crippen LogP contribution < -0.4 is 0 Å². The summed E-state index contributed by atoms with van der Waals surface area (Å²) < 4.78 is 4.40. The molecule has 7 rings (SSSR count). The molecule has 0 fully saturated rings. The van der Waals surface area contributed by atoms with Crippen LogP contribution in [-0.4, -0.2) is 42.5 Å². The molecular weight excluding hydrogens is 609 g/mol. The molecule has 3 aromatic heterocycles. The summed E-state index contributed by atoms with van der Waals surface area (Å²) in [4.78, 5) is 28.5. The van der Waals surface area contributed by atoms with Crippen molar-refractivity contribution >= 4 is 77.9 Å². The number of fused-ring (bicyclic) bond motifs is 6. The smallest absolute Gasteiger partial charge is 0.202 e. The van der Waals surface area contributed by atoms with Gasteiger partial charge in [-0.05, 0) is 112 Å². The van der Waals surface area contributed by atoms with Gasteiger partial charge in [0, 0.05) is 67.8 Å². The summed E-state index contributed by atoms with van der Waals surface area (Å²) in [7, 11) is 0. The summed E-state index contributed by atoms with van der Waals surface area (Å²) in [5, 5.41) is 29.2. The zero-order chi connectivity index (χ0) is 33.0. The number of hydrogen-bond donors (Lipinski definition) is 2. The zero-order valence-corrected chi connectivity index (χ0v) is 27.2. The fraction of sp³-hybridized carbons (Fsp3) is 0.158. The van der Waals surface area contributed by atoms with E-state index in [4.69, 9.17) is 0 Å². The molecule has 0 radical (unpaired) electrons. The molecule has 0 aliphatic carbocycles. The monoisotopic (exact) mass is 640 g/mol. The molecule has 0 atom stereocenters. The number of oxime groups is 2. The quantitative estimate of drug-likeness (QED) is 0.0748. The van der Waals surface area contributed by atoms with Crippen molar-refractivity contribution in [2.75, 3.05) is 0 Å². The SMILES string of the molecule is CCn1c2ccc(C(=O)c3ccc(C(=O)c4ccc5c(c4)c4cc(/C(C)=N/O)ccc4n5CC)s3)cc2c2cc(/C(C)=N/O)ccc21. The molecule has 9 heteroatoms. The third-order valence-corrected chi connectivity index (χ3v) is 10.2. The highest BCUT2D eigenvalue weighted by molar-refractivity contribution is 7.16. The molecule has 234 valence electrons. The van der Waals surface area contributed by atoms with E-state index in [-0.39, 0.29) is 11.6 Å². The maximum atomic E-state index is 13.8. The average Bonchev–Trinajstić information content (AvgIpc) is 3.81. The van der Waals surface area contributed by atoms with Crippen LogP contribution in [0, 0.1) is 0 Å². The van der Waals surface area contributed by atoms with E-state index in [0.717, 1.165) is 67.8 Å². The Bertz CT molecular complexity index is 2310. The molecule has 47 heavy (non-hydrogen) atoms. The highest BCUT2D eigenvalue weighted by atomic mass is 32.1. The molecule has 0 spiro atoms. The Morgan fingerprint density at radius 2 is 0.872 bits per heavy atom. The number of ketones is 2. The highest BCUT2D eigenvalue weighted by Gasteiger charge is 2.20. The summed E-state index contributed by atoms with van der Waals surface area (Å²) in [6.07, 6.45) is 0. The van der Waals surface area contributed by atoms with Gasteiger partial charge in [0.25, 0.3) is 0 Å². The van der Waals surface area contributed by atoms with Crippen molar-refractivity contribution in [1.29, 1.82) is 0 Å². The van der Waals surface area contributed by atoms with Crippen LogP contribution >= 0.6 is 11.3 Å². The van der Waals surface area contributed by atoms with Crippen LogP contribution in [0.1, 0.15) is 69.3 Å². The second kappa shape index (κ2) is 11.7. The molecule has 7 aromatic rings. The molecule has 0 amide bonds. The van der Waals surface area contributed by atoms with Crippen LogP contribution in [0.5, 0.6) is 0 Å². The van der Waals surface area contributed by atoms with Crippen LogP contribution in [0.15, 0.2) is 95.2 Å². The summed E-state index contributed by atoms with van der Waals surface area (Å²) in [5.74, 6) is -0.292. The van der Waals surface area contributed by atoms with Crippen molar-refractivity contribution in [2.45, 2.75) is 40.8 Å². The number of benzene rings is 4. The molecule has 2 N–H and O–H groups in total. The van der Waals surface area contributed by atoms with E-state index in [0.29, 0.717) is 32.3 Å². The molecule has 0 aliphatic rings. The van der Waals surface area contributed by atoms with E-state index in [1.54, 1.807) is 26.0 Å². The van der Waals surface area contributed by atoms with E-state index in [1.807, 2.05) is 72.8 Å². The molecule has 0 unspecified atom stereocenters. The number of rotatable bonds is 8. The van der Waals surface area contributed by atoms with E-state index in [9.17, 15) is 20.0 Å². The fourth-order valence-electron chi connectivity index (χ4n) is 6.60. The first-order valence-corrected chi connectivity index (χ1v) is 16.3. The first-order chi connectivity index (χ1) is 22.8. The van der Waals surface area contributed by atoms with Crippen molar-refractivity contribution in [3.63, 3.8) is 0 Å². The maximum absolute atomic E-state index is 13.8. The lowest BCUT2D eigenvalue weighted by atomic mass is 10.0. The Kier molecular flexibility index (Phi) is 7.48. The minimum atomic E-state index is -0.146. The third kappa shape index (κ3) is 4.82. The summed E-state index contributed by atoms with van der Waals surface area (Å²) >= 11 is 1.20. The van der Waals surface area contributed by atoms with E-state index < -0.39 is 0 Å². The van der Waals surface area contributed by atoms with Gasteiger partial charge in [-0.1, -0.05) is 22.4 Å². The lowest BCUT2D eigenvalue weighted by Gasteiger charge is -2.04. The van der Waals surface area contributed by atoms with Crippen LogP contribution in [0.4, 0.5) is 0 Å². The molecule has 0 saturated carbocycles. The maximum Gasteiger partial charge on any atom is 0.202 e. The van der Waals surface area contributed by atoms with Gasteiger partial charge >= 0.3 is 0 Å². The minimum Gasteiger partial charge on any atom is -0.411 e. The predicted molar refractivity (Wildman–Crippen MR) is 189 cm³/mol. The standard InChI is InChI=1S/C38H32N4O4S/c1-5-41-31-11-7-23(21(3)39-45)17-27(31)29-19-25(9-13-33(29)41)37(43)35-15-16-36(47-35)38(44)26-10-14-34-30(20-26)28-18-24(22(4)40-46)8-12-32(28)42(34)6-2/h7-20,45-46H,5-6H2,1-4H3/b39-21+,40-22+. The van der Waals surface area contributed by atoms with Crippen LogP contribution in [0.25, 0.3) is 43.6 Å². The molecule has 3 heterocycles. The number of aryl methyl sites for hydroxylation is 2. The summed E-state index contributed by atoms with van der Waals surface area (Å²) in [6.45, 7) is 9.19. The molecule has 4 aromatic carbocycles. The largest absolute Gasteiger partial charge is 0.411 e. The molecule has 8 nitrogen and oxygen atoms in total. The summed E-state index contributed by atoms with van der Waals surface area (Å²) in [5.41, 5.74) is 7.83. The molecule has 0 bridgehead atoms. The Morgan fingerprint density at radius 3 is 1.19 bits per heavy atom. The fourth-order valence-corrected chi connectivity index (χ4v) is 7.53. The summed E-state index contributed by atoms with van der Waals surface area (Å²) in [6, 6.07) is 26.8. The van der Waals surface area contributed by atoms with Crippen molar-refractivity contribution < 1.29 is 20.0 Å². The lowest BCUT2D eigenvalue weighted by Crippen LogP contribution is -2.00. The van der Waals surface area contributed by atoms with E-state index in [2.05, 4.69) is 33.3 Å². The van der Waals surface area contributed by atoms with Gasteiger partial charge in [0.2, 0.25) is 11.6 Å². The Morgan fingerprint density at radius 1 is 0.553 bits per heavy atom. The number of aromatic nitrogens is 2. The van der Waals surface area contributed by atoms with Gasteiger partial charge in [-0.3, -0.25) is 9.59 Å². The molecule has 0 aliphatic heterocycles. The molecular formula is C38H32N4O4S. The second-order valence-electron chi connectivity index (χ2n) is 11.6. The van der Waals surface area contributed by atoms with Crippen molar-refractivity contribution in [3.8, 4) is 0 Å². The Hall–Kier alpha value is -5.54. The van der Waals surface area contributed by atoms with Gasteiger partial charge in [0.1, 0.15) is 0 Å². The topological polar surface area (TPSA) is 109 Å². The van der Waals surface area contributed by atoms with Gasteiger partial charge < -0.3 is 19.5 Å². The van der Waals surface area contributed by atoms with Crippen LogP contribution in [0.3, 0.4) is 0 Å². The number of nitrogens with zero attached hydrogens (tertiary/aromatic N) is 4. The van der Waals surface area contributed by atoms with Gasteiger partial charge in [0.15, 0.2) is 0 Å². The lowest BCUT2D eigenvalue weighted by molar-refractivity contribution is 0.103. The van der Waals surface area contributed by atoms with Gasteiger partial charge in [-0.2, -0.15) is 0 Å².